The summed E-state index contributed by atoms with van der Waals surface area (Å²) in [6.07, 6.45) is 1.41. The summed E-state index contributed by atoms with van der Waals surface area (Å²) < 4.78 is 29.5. The summed E-state index contributed by atoms with van der Waals surface area (Å²) in [6.45, 7) is 7.76. The molecule has 2 heterocycles. The van der Waals surface area contributed by atoms with E-state index in [0.29, 0.717) is 55.8 Å². The normalized spacial score (nSPS) is 15.1. The van der Waals surface area contributed by atoms with E-state index in [1.54, 1.807) is 43.5 Å². The molecule has 0 N–H and O–H groups in total. The van der Waals surface area contributed by atoms with Gasteiger partial charge in [0.15, 0.2) is 16.3 Å². The van der Waals surface area contributed by atoms with Gasteiger partial charge >= 0.3 is 5.97 Å². The number of benzene rings is 2. The number of fused-ring (bicyclic) bond motifs is 1. The molecular weight excluding hydrogens is 520 g/mol. The van der Waals surface area contributed by atoms with Crippen LogP contribution in [0.4, 0.5) is 0 Å². The van der Waals surface area contributed by atoms with E-state index in [1.165, 1.54) is 32.7 Å². The van der Waals surface area contributed by atoms with Crippen LogP contribution in [0.25, 0.3) is 6.08 Å². The van der Waals surface area contributed by atoms with Gasteiger partial charge in [0.2, 0.25) is 5.75 Å². The Kier molecular flexibility index (Phi) is 8.44. The quantitative estimate of drug-likeness (QED) is 0.374. The summed E-state index contributed by atoms with van der Waals surface area (Å²) in [5, 5.41) is 0. The van der Waals surface area contributed by atoms with Gasteiger partial charge < -0.3 is 23.7 Å². The SMILES string of the molecule is CCOc1ccc([C@H]2C(C(=O)OC(C)C)=C(C)N=c3s/c(=C/c4cc(OC)c(OC)c(OC)c4)c(=O)n32)cc1. The van der Waals surface area contributed by atoms with Crippen molar-refractivity contribution in [1.82, 2.24) is 4.57 Å². The van der Waals surface area contributed by atoms with Crippen molar-refractivity contribution in [2.24, 2.45) is 4.99 Å². The third kappa shape index (κ3) is 5.56. The first-order valence-electron chi connectivity index (χ1n) is 12.5. The maximum absolute atomic E-state index is 13.9. The van der Waals surface area contributed by atoms with Gasteiger partial charge in [0.1, 0.15) is 5.75 Å². The molecule has 39 heavy (non-hydrogen) atoms. The Morgan fingerprint density at radius 2 is 1.72 bits per heavy atom. The highest BCUT2D eigenvalue weighted by atomic mass is 32.1. The monoisotopic (exact) mass is 552 g/mol. The summed E-state index contributed by atoms with van der Waals surface area (Å²) in [4.78, 5) is 32.3. The number of hydrogen-bond donors (Lipinski definition) is 0. The number of rotatable bonds is 9. The summed E-state index contributed by atoms with van der Waals surface area (Å²) in [7, 11) is 4.60. The standard InChI is InChI=1S/C29H32N2O7S/c1-8-37-20-11-9-19(10-12-20)25-24(28(33)38-16(2)3)17(4)30-29-31(25)27(32)23(39-29)15-18-13-21(34-5)26(36-7)22(14-18)35-6/h9-16,25H,8H2,1-7H3/b23-15+/t25-/m0/s1. The molecule has 0 bridgehead atoms. The number of methoxy groups -OCH3 is 3. The molecule has 0 amide bonds. The number of allylic oxidation sites excluding steroid dienone is 1. The predicted octanol–water partition coefficient (Wildman–Crippen LogP) is 3.61. The van der Waals surface area contributed by atoms with Gasteiger partial charge in [0, 0.05) is 0 Å². The smallest absolute Gasteiger partial charge is 0.338 e. The predicted molar refractivity (Wildman–Crippen MR) is 149 cm³/mol. The van der Waals surface area contributed by atoms with Gasteiger partial charge in [-0.25, -0.2) is 9.79 Å². The fourth-order valence-corrected chi connectivity index (χ4v) is 5.47. The molecule has 2 aromatic carbocycles. The largest absolute Gasteiger partial charge is 0.494 e. The summed E-state index contributed by atoms with van der Waals surface area (Å²) in [6, 6.07) is 10.2. The van der Waals surface area contributed by atoms with Crippen LogP contribution in [-0.2, 0) is 9.53 Å². The Bertz CT molecular complexity index is 1560. The number of esters is 1. The van der Waals surface area contributed by atoms with Crippen molar-refractivity contribution >= 4 is 23.4 Å². The summed E-state index contributed by atoms with van der Waals surface area (Å²) in [5.74, 6) is 1.58. The van der Waals surface area contributed by atoms with E-state index in [2.05, 4.69) is 4.99 Å². The van der Waals surface area contributed by atoms with Crippen LogP contribution in [0, 0.1) is 0 Å². The minimum Gasteiger partial charge on any atom is -0.494 e. The van der Waals surface area contributed by atoms with Crippen LogP contribution in [0.5, 0.6) is 23.0 Å². The number of hydrogen-bond acceptors (Lipinski definition) is 9. The number of ether oxygens (including phenoxy) is 5. The lowest BCUT2D eigenvalue weighted by molar-refractivity contribution is -0.143. The van der Waals surface area contributed by atoms with Crippen LogP contribution < -0.4 is 33.8 Å². The lowest BCUT2D eigenvalue weighted by Crippen LogP contribution is -2.40. The van der Waals surface area contributed by atoms with Gasteiger partial charge in [0.05, 0.1) is 55.9 Å². The number of carbonyl (C=O) groups is 1. The van der Waals surface area contributed by atoms with Crippen molar-refractivity contribution in [2.45, 2.75) is 39.8 Å². The summed E-state index contributed by atoms with van der Waals surface area (Å²) in [5.41, 5.74) is 1.96. The van der Waals surface area contributed by atoms with E-state index in [-0.39, 0.29) is 11.7 Å². The Morgan fingerprint density at radius 3 is 2.26 bits per heavy atom. The molecule has 0 saturated heterocycles. The van der Waals surface area contributed by atoms with E-state index >= 15 is 0 Å². The minimum atomic E-state index is -0.717. The Hall–Kier alpha value is -4.05. The number of nitrogens with zero attached hydrogens (tertiary/aromatic N) is 2. The molecule has 0 saturated carbocycles. The highest BCUT2D eigenvalue weighted by Gasteiger charge is 2.33. The molecule has 1 atom stereocenters. The van der Waals surface area contributed by atoms with E-state index in [0.717, 1.165) is 5.56 Å². The topological polar surface area (TPSA) is 97.6 Å². The molecule has 1 aliphatic heterocycles. The second-order valence-electron chi connectivity index (χ2n) is 9.00. The molecule has 206 valence electrons. The fourth-order valence-electron chi connectivity index (χ4n) is 4.42. The van der Waals surface area contributed by atoms with Crippen LogP contribution in [0.15, 0.2) is 57.5 Å². The van der Waals surface area contributed by atoms with Crippen molar-refractivity contribution in [3.05, 3.63) is 78.5 Å². The van der Waals surface area contributed by atoms with Crippen molar-refractivity contribution in [2.75, 3.05) is 27.9 Å². The first kappa shape index (κ1) is 28.0. The van der Waals surface area contributed by atoms with E-state index in [4.69, 9.17) is 23.7 Å². The molecule has 0 radical (unpaired) electrons. The van der Waals surface area contributed by atoms with Crippen molar-refractivity contribution in [1.29, 1.82) is 0 Å². The number of aromatic nitrogens is 1. The minimum absolute atomic E-state index is 0.284. The van der Waals surface area contributed by atoms with Gasteiger partial charge in [-0.15, -0.1) is 0 Å². The zero-order valence-corrected chi connectivity index (χ0v) is 23.9. The van der Waals surface area contributed by atoms with Crippen molar-refractivity contribution in [3.8, 4) is 23.0 Å². The third-order valence-electron chi connectivity index (χ3n) is 6.08. The molecule has 1 aliphatic rings. The summed E-state index contributed by atoms with van der Waals surface area (Å²) >= 11 is 1.24. The molecular formula is C29H32N2O7S. The van der Waals surface area contributed by atoms with Crippen molar-refractivity contribution < 1.29 is 28.5 Å². The molecule has 9 nitrogen and oxygen atoms in total. The molecule has 4 rings (SSSR count). The van der Waals surface area contributed by atoms with Crippen LogP contribution >= 0.6 is 11.3 Å². The average Bonchev–Trinajstić information content (AvgIpc) is 3.21. The van der Waals surface area contributed by atoms with Gasteiger partial charge in [-0.05, 0) is 69.2 Å². The van der Waals surface area contributed by atoms with Gasteiger partial charge in [-0.3, -0.25) is 9.36 Å². The Balaban J connectivity index is 1.92. The molecule has 0 spiro atoms. The molecule has 3 aromatic rings. The Morgan fingerprint density at radius 1 is 1.08 bits per heavy atom. The van der Waals surface area contributed by atoms with Crippen LogP contribution in [-0.4, -0.2) is 44.6 Å². The first-order chi connectivity index (χ1) is 18.7. The van der Waals surface area contributed by atoms with Gasteiger partial charge in [-0.1, -0.05) is 23.5 Å². The maximum Gasteiger partial charge on any atom is 0.338 e. The molecule has 0 fully saturated rings. The highest BCUT2D eigenvalue weighted by molar-refractivity contribution is 7.07. The van der Waals surface area contributed by atoms with E-state index < -0.39 is 12.0 Å². The second kappa shape index (κ2) is 11.8. The van der Waals surface area contributed by atoms with Gasteiger partial charge in [-0.2, -0.15) is 0 Å². The number of carbonyl (C=O) groups excluding carboxylic acids is 1. The average molecular weight is 553 g/mol. The molecule has 0 aliphatic carbocycles. The lowest BCUT2D eigenvalue weighted by Gasteiger charge is -2.25. The molecule has 1 aromatic heterocycles. The first-order valence-corrected chi connectivity index (χ1v) is 13.3. The zero-order valence-electron chi connectivity index (χ0n) is 23.1. The van der Waals surface area contributed by atoms with Crippen molar-refractivity contribution in [3.63, 3.8) is 0 Å². The lowest BCUT2D eigenvalue weighted by atomic mass is 9.96. The molecule has 10 heteroatoms. The zero-order chi connectivity index (χ0) is 28.3. The fraction of sp³-hybridized carbons (Fsp3) is 0.345. The van der Waals surface area contributed by atoms with E-state index in [1.807, 2.05) is 31.2 Å². The third-order valence-corrected chi connectivity index (χ3v) is 7.06. The van der Waals surface area contributed by atoms with Crippen LogP contribution in [0.2, 0.25) is 0 Å². The maximum atomic E-state index is 13.9. The van der Waals surface area contributed by atoms with Gasteiger partial charge in [0.25, 0.3) is 5.56 Å². The number of thiazole rings is 1. The Labute approximate surface area is 230 Å². The molecule has 0 unspecified atom stereocenters. The second-order valence-corrected chi connectivity index (χ2v) is 10.0. The highest BCUT2D eigenvalue weighted by Crippen LogP contribution is 2.38. The van der Waals surface area contributed by atoms with E-state index in [9.17, 15) is 9.59 Å². The van der Waals surface area contributed by atoms with Crippen LogP contribution in [0.3, 0.4) is 0 Å². The van der Waals surface area contributed by atoms with Crippen LogP contribution in [0.1, 0.15) is 44.9 Å².